The molecule has 1 heterocycles. The molecular formula is C22H21NO4S. The average Bonchev–Trinajstić information content (AvgIpc) is 3.02. The number of ether oxygens (including phenoxy) is 2. The van der Waals surface area contributed by atoms with E-state index < -0.39 is 5.97 Å². The molecule has 0 aliphatic rings. The predicted molar refractivity (Wildman–Crippen MR) is 111 cm³/mol. The zero-order valence-corrected chi connectivity index (χ0v) is 16.8. The number of hydrogen-bond donors (Lipinski definition) is 1. The van der Waals surface area contributed by atoms with Gasteiger partial charge in [0.1, 0.15) is 16.3 Å². The van der Waals surface area contributed by atoms with E-state index >= 15 is 0 Å². The maximum Gasteiger partial charge on any atom is 0.341 e. The lowest BCUT2D eigenvalue weighted by Crippen LogP contribution is -2.21. The van der Waals surface area contributed by atoms with Crippen molar-refractivity contribution in [3.8, 4) is 16.9 Å². The number of benzene rings is 2. The zero-order valence-electron chi connectivity index (χ0n) is 15.9. The van der Waals surface area contributed by atoms with E-state index in [1.165, 1.54) is 18.4 Å². The predicted octanol–water partition coefficient (Wildman–Crippen LogP) is 4.84. The monoisotopic (exact) mass is 395 g/mol. The molecule has 3 rings (SSSR count). The van der Waals surface area contributed by atoms with Crippen molar-refractivity contribution in [2.75, 3.05) is 19.0 Å². The number of rotatable bonds is 6. The topological polar surface area (TPSA) is 64.6 Å². The molecule has 5 nitrogen and oxygen atoms in total. The van der Waals surface area contributed by atoms with Crippen molar-refractivity contribution < 1.29 is 19.1 Å². The first kappa shape index (κ1) is 19.6. The van der Waals surface area contributed by atoms with Gasteiger partial charge in [0.25, 0.3) is 5.91 Å². The number of amides is 1. The molecule has 2 aromatic carbocycles. The number of hydrogen-bond acceptors (Lipinski definition) is 5. The molecule has 28 heavy (non-hydrogen) atoms. The summed E-state index contributed by atoms with van der Waals surface area (Å²) < 4.78 is 10.5. The number of carbonyl (C=O) groups is 2. The Morgan fingerprint density at radius 1 is 1.04 bits per heavy atom. The molecule has 0 unspecified atom stereocenters. The van der Waals surface area contributed by atoms with Gasteiger partial charge in [-0.1, -0.05) is 42.5 Å². The average molecular weight is 395 g/mol. The van der Waals surface area contributed by atoms with Gasteiger partial charge < -0.3 is 14.8 Å². The summed E-state index contributed by atoms with van der Waals surface area (Å²) in [6, 6.07) is 17.0. The number of carbonyl (C=O) groups excluding carboxylic acids is 2. The molecule has 3 aromatic rings. The van der Waals surface area contributed by atoms with Gasteiger partial charge in [-0.3, -0.25) is 4.79 Å². The molecule has 0 saturated carbocycles. The van der Waals surface area contributed by atoms with Crippen LogP contribution in [0.2, 0.25) is 0 Å². The van der Waals surface area contributed by atoms with Gasteiger partial charge >= 0.3 is 5.97 Å². The first-order valence-electron chi connectivity index (χ1n) is 8.76. The van der Waals surface area contributed by atoms with Gasteiger partial charge in [-0.05, 0) is 37.1 Å². The first-order chi connectivity index (χ1) is 13.5. The molecule has 1 aromatic heterocycles. The van der Waals surface area contributed by atoms with Gasteiger partial charge in [-0.2, -0.15) is 0 Å². The molecule has 0 radical (unpaired) electrons. The third-order valence-corrected chi connectivity index (χ3v) is 5.17. The molecule has 0 saturated heterocycles. The third-order valence-electron chi connectivity index (χ3n) is 4.15. The molecule has 0 spiro atoms. The number of aryl methyl sites for hydroxylation is 2. The Hall–Kier alpha value is -3.12. The quantitative estimate of drug-likeness (QED) is 0.607. The van der Waals surface area contributed by atoms with E-state index in [1.54, 1.807) is 6.07 Å². The number of thiophene rings is 1. The van der Waals surface area contributed by atoms with Gasteiger partial charge in [-0.25, -0.2) is 4.79 Å². The minimum atomic E-state index is -0.488. The molecule has 0 atom stereocenters. The highest BCUT2D eigenvalue weighted by atomic mass is 32.1. The summed E-state index contributed by atoms with van der Waals surface area (Å²) in [5.74, 6) is -0.207. The summed E-state index contributed by atoms with van der Waals surface area (Å²) in [5.41, 5.74) is 3.08. The molecule has 0 aliphatic carbocycles. The van der Waals surface area contributed by atoms with Crippen molar-refractivity contribution in [2.24, 2.45) is 0 Å². The van der Waals surface area contributed by atoms with Crippen LogP contribution in [-0.4, -0.2) is 25.6 Å². The fourth-order valence-electron chi connectivity index (χ4n) is 2.90. The van der Waals surface area contributed by atoms with Crippen molar-refractivity contribution in [3.05, 3.63) is 70.6 Å². The van der Waals surface area contributed by atoms with Crippen LogP contribution < -0.4 is 10.1 Å². The Balaban J connectivity index is 1.83. The Morgan fingerprint density at radius 2 is 1.79 bits per heavy atom. The number of nitrogens with one attached hydrogen (secondary N) is 1. The largest absolute Gasteiger partial charge is 0.484 e. The summed E-state index contributed by atoms with van der Waals surface area (Å²) in [7, 11) is 1.33. The van der Waals surface area contributed by atoms with Gasteiger partial charge in [0.15, 0.2) is 6.61 Å². The van der Waals surface area contributed by atoms with Crippen LogP contribution in [0.5, 0.6) is 5.75 Å². The minimum Gasteiger partial charge on any atom is -0.484 e. The lowest BCUT2D eigenvalue weighted by atomic mass is 10.0. The second-order valence-corrected chi connectivity index (χ2v) is 7.47. The van der Waals surface area contributed by atoms with Crippen molar-refractivity contribution >= 4 is 28.2 Å². The lowest BCUT2D eigenvalue weighted by molar-refractivity contribution is -0.118. The van der Waals surface area contributed by atoms with Crippen LogP contribution in [0, 0.1) is 13.8 Å². The summed E-state index contributed by atoms with van der Waals surface area (Å²) in [6.07, 6.45) is 0. The van der Waals surface area contributed by atoms with Gasteiger partial charge in [-0.15, -0.1) is 11.3 Å². The molecule has 1 N–H and O–H groups in total. The standard InChI is InChI=1S/C22H21NO4S/c1-14-8-7-11-17(12-14)27-13-18(24)23-21-20(22(25)26-3)19(15(2)28-21)16-9-5-4-6-10-16/h4-12H,13H2,1-3H3,(H,23,24). The smallest absolute Gasteiger partial charge is 0.341 e. The Morgan fingerprint density at radius 3 is 2.46 bits per heavy atom. The molecule has 0 fully saturated rings. The maximum absolute atomic E-state index is 12.4. The van der Waals surface area contributed by atoms with E-state index in [1.807, 2.05) is 62.4 Å². The fraction of sp³-hybridized carbons (Fsp3) is 0.182. The Labute approximate surface area is 167 Å². The van der Waals surface area contributed by atoms with Crippen LogP contribution in [0.3, 0.4) is 0 Å². The normalized spacial score (nSPS) is 10.4. The van der Waals surface area contributed by atoms with E-state index in [0.717, 1.165) is 21.6 Å². The van der Waals surface area contributed by atoms with E-state index in [9.17, 15) is 9.59 Å². The molecule has 144 valence electrons. The molecular weight excluding hydrogens is 374 g/mol. The Bertz CT molecular complexity index is 995. The van der Waals surface area contributed by atoms with Crippen LogP contribution >= 0.6 is 11.3 Å². The fourth-order valence-corrected chi connectivity index (χ4v) is 3.98. The van der Waals surface area contributed by atoms with E-state index in [4.69, 9.17) is 9.47 Å². The third kappa shape index (κ3) is 4.40. The molecule has 1 amide bonds. The lowest BCUT2D eigenvalue weighted by Gasteiger charge is -2.09. The van der Waals surface area contributed by atoms with Gasteiger partial charge in [0.05, 0.1) is 7.11 Å². The second-order valence-electron chi connectivity index (χ2n) is 6.25. The van der Waals surface area contributed by atoms with Crippen molar-refractivity contribution in [1.82, 2.24) is 0 Å². The minimum absolute atomic E-state index is 0.151. The van der Waals surface area contributed by atoms with Crippen LogP contribution in [0.25, 0.3) is 11.1 Å². The number of anilines is 1. The highest BCUT2D eigenvalue weighted by molar-refractivity contribution is 7.17. The van der Waals surface area contributed by atoms with Crippen LogP contribution in [0.4, 0.5) is 5.00 Å². The second kappa shape index (κ2) is 8.71. The van der Waals surface area contributed by atoms with E-state index in [-0.39, 0.29) is 12.5 Å². The molecule has 6 heteroatoms. The summed E-state index contributed by atoms with van der Waals surface area (Å²) >= 11 is 1.34. The van der Waals surface area contributed by atoms with E-state index in [2.05, 4.69) is 5.32 Å². The van der Waals surface area contributed by atoms with Crippen LogP contribution in [-0.2, 0) is 9.53 Å². The highest BCUT2D eigenvalue weighted by Crippen LogP contribution is 2.40. The summed E-state index contributed by atoms with van der Waals surface area (Å²) in [4.78, 5) is 25.8. The SMILES string of the molecule is COC(=O)c1c(NC(=O)COc2cccc(C)c2)sc(C)c1-c1ccccc1. The molecule has 0 aliphatic heterocycles. The summed E-state index contributed by atoms with van der Waals surface area (Å²) in [5, 5.41) is 3.25. The summed E-state index contributed by atoms with van der Waals surface area (Å²) in [6.45, 7) is 3.72. The molecule has 0 bridgehead atoms. The first-order valence-corrected chi connectivity index (χ1v) is 9.57. The van der Waals surface area contributed by atoms with Gasteiger partial charge in [0.2, 0.25) is 0 Å². The van der Waals surface area contributed by atoms with Crippen molar-refractivity contribution in [3.63, 3.8) is 0 Å². The zero-order chi connectivity index (χ0) is 20.1. The maximum atomic E-state index is 12.4. The van der Waals surface area contributed by atoms with E-state index in [0.29, 0.717) is 16.3 Å². The highest BCUT2D eigenvalue weighted by Gasteiger charge is 2.25. The number of esters is 1. The van der Waals surface area contributed by atoms with Crippen molar-refractivity contribution in [2.45, 2.75) is 13.8 Å². The van der Waals surface area contributed by atoms with Gasteiger partial charge in [0, 0.05) is 10.4 Å². The number of methoxy groups -OCH3 is 1. The van der Waals surface area contributed by atoms with Crippen LogP contribution in [0.1, 0.15) is 20.8 Å². The van der Waals surface area contributed by atoms with Crippen molar-refractivity contribution in [1.29, 1.82) is 0 Å². The van der Waals surface area contributed by atoms with Crippen LogP contribution in [0.15, 0.2) is 54.6 Å². The Kier molecular flexibility index (Phi) is 6.11.